The van der Waals surface area contributed by atoms with E-state index in [4.69, 9.17) is 17.0 Å². The summed E-state index contributed by atoms with van der Waals surface area (Å²) in [6, 6.07) is 5.77. The highest BCUT2D eigenvalue weighted by atomic mass is 32.1. The van der Waals surface area contributed by atoms with Crippen molar-refractivity contribution in [2.24, 2.45) is 0 Å². The number of aromatic nitrogens is 2. The van der Waals surface area contributed by atoms with Gasteiger partial charge in [-0.15, -0.1) is 0 Å². The molecule has 1 heterocycles. The second-order valence-electron chi connectivity index (χ2n) is 4.37. The zero-order valence-electron chi connectivity index (χ0n) is 10.8. The van der Waals surface area contributed by atoms with E-state index in [1.807, 2.05) is 0 Å². The van der Waals surface area contributed by atoms with E-state index in [2.05, 4.69) is 4.98 Å². The normalized spacial score (nSPS) is 11.0. The van der Waals surface area contributed by atoms with E-state index in [1.165, 1.54) is 29.9 Å². The van der Waals surface area contributed by atoms with Crippen LogP contribution >= 0.6 is 12.2 Å². The van der Waals surface area contributed by atoms with Gasteiger partial charge in [0.15, 0.2) is 16.3 Å². The maximum Gasteiger partial charge on any atom is 0.182 e. The van der Waals surface area contributed by atoms with Crippen molar-refractivity contribution in [3.63, 3.8) is 0 Å². The number of nitrogens with one attached hydrogen (secondary N) is 1. The summed E-state index contributed by atoms with van der Waals surface area (Å²) in [7, 11) is 1.33. The Morgan fingerprint density at radius 3 is 2.52 bits per heavy atom. The van der Waals surface area contributed by atoms with Crippen LogP contribution in [-0.4, -0.2) is 16.7 Å². The number of hydrogen-bond donors (Lipinski definition) is 1. The fourth-order valence-corrected chi connectivity index (χ4v) is 2.47. The third-order valence-corrected chi connectivity index (χ3v) is 3.39. The molecule has 7 heteroatoms. The Morgan fingerprint density at radius 2 is 1.86 bits per heavy atom. The summed E-state index contributed by atoms with van der Waals surface area (Å²) in [6.45, 7) is 0. The van der Waals surface area contributed by atoms with E-state index in [-0.39, 0.29) is 16.2 Å². The van der Waals surface area contributed by atoms with E-state index in [9.17, 15) is 13.2 Å². The third-order valence-electron chi connectivity index (χ3n) is 3.11. The molecule has 0 unspecified atom stereocenters. The highest BCUT2D eigenvalue weighted by Gasteiger charge is 2.14. The summed E-state index contributed by atoms with van der Waals surface area (Å²) in [4.78, 5) is 2.78. The molecule has 0 amide bonds. The average molecular weight is 310 g/mol. The number of benzene rings is 2. The number of nitrogens with zero attached hydrogens (tertiary/aromatic N) is 1. The predicted octanol–water partition coefficient (Wildman–Crippen LogP) is 4.11. The summed E-state index contributed by atoms with van der Waals surface area (Å²) >= 11 is 5.13. The highest BCUT2D eigenvalue weighted by molar-refractivity contribution is 7.71. The van der Waals surface area contributed by atoms with Gasteiger partial charge >= 0.3 is 0 Å². The van der Waals surface area contributed by atoms with Gasteiger partial charge in [0.25, 0.3) is 0 Å². The van der Waals surface area contributed by atoms with Gasteiger partial charge in [-0.1, -0.05) is 0 Å². The van der Waals surface area contributed by atoms with E-state index < -0.39 is 17.5 Å². The Bertz CT molecular complexity index is 901. The number of imidazole rings is 1. The van der Waals surface area contributed by atoms with Gasteiger partial charge in [0.2, 0.25) is 0 Å². The Morgan fingerprint density at radius 1 is 1.10 bits per heavy atom. The Balaban J connectivity index is 2.36. The maximum absolute atomic E-state index is 14.0. The quantitative estimate of drug-likeness (QED) is 0.722. The van der Waals surface area contributed by atoms with Crippen molar-refractivity contribution < 1.29 is 17.9 Å². The summed E-state index contributed by atoms with van der Waals surface area (Å²) in [5, 5.41) is 0. The fourth-order valence-electron chi connectivity index (χ4n) is 2.17. The van der Waals surface area contributed by atoms with Crippen molar-refractivity contribution >= 4 is 23.3 Å². The predicted molar refractivity (Wildman–Crippen MR) is 74.9 cm³/mol. The molecule has 3 rings (SSSR count). The monoisotopic (exact) mass is 310 g/mol. The van der Waals surface area contributed by atoms with Crippen molar-refractivity contribution in [2.45, 2.75) is 0 Å². The van der Waals surface area contributed by atoms with E-state index >= 15 is 0 Å². The summed E-state index contributed by atoms with van der Waals surface area (Å²) in [6.07, 6.45) is 0. The molecule has 1 aromatic heterocycles. The summed E-state index contributed by atoms with van der Waals surface area (Å²) in [5.41, 5.74) is 0.895. The van der Waals surface area contributed by atoms with Crippen LogP contribution < -0.4 is 4.74 Å². The Labute approximate surface area is 122 Å². The minimum Gasteiger partial charge on any atom is -0.494 e. The largest absolute Gasteiger partial charge is 0.494 e. The smallest absolute Gasteiger partial charge is 0.182 e. The van der Waals surface area contributed by atoms with Gasteiger partial charge < -0.3 is 9.72 Å². The number of H-pyrrole nitrogens is 1. The number of rotatable bonds is 2. The van der Waals surface area contributed by atoms with Crippen LogP contribution in [0.5, 0.6) is 5.75 Å². The second-order valence-corrected chi connectivity index (χ2v) is 4.75. The first kappa shape index (κ1) is 13.7. The molecule has 21 heavy (non-hydrogen) atoms. The lowest BCUT2D eigenvalue weighted by Crippen LogP contribution is -1.99. The molecule has 0 bridgehead atoms. The summed E-state index contributed by atoms with van der Waals surface area (Å²) < 4.78 is 47.1. The minimum atomic E-state index is -0.768. The van der Waals surface area contributed by atoms with Crippen molar-refractivity contribution in [1.29, 1.82) is 0 Å². The molecule has 0 aliphatic heterocycles. The zero-order valence-corrected chi connectivity index (χ0v) is 11.6. The molecule has 0 fully saturated rings. The number of aromatic amines is 1. The third kappa shape index (κ3) is 2.19. The zero-order chi connectivity index (χ0) is 15.1. The van der Waals surface area contributed by atoms with Crippen LogP contribution in [0.25, 0.3) is 16.7 Å². The number of halogens is 3. The van der Waals surface area contributed by atoms with Crippen LogP contribution in [0, 0.1) is 22.2 Å². The molecule has 3 aromatic rings. The van der Waals surface area contributed by atoms with Crippen LogP contribution in [0.15, 0.2) is 30.3 Å². The van der Waals surface area contributed by atoms with Crippen LogP contribution in [-0.2, 0) is 0 Å². The van der Waals surface area contributed by atoms with Crippen LogP contribution in [0.3, 0.4) is 0 Å². The minimum absolute atomic E-state index is 0.00719. The molecule has 3 nitrogen and oxygen atoms in total. The van der Waals surface area contributed by atoms with E-state index in [0.717, 1.165) is 12.1 Å². The van der Waals surface area contributed by atoms with Gasteiger partial charge in [0, 0.05) is 18.2 Å². The molecule has 0 atom stereocenters. The first-order valence-corrected chi connectivity index (χ1v) is 6.36. The standard InChI is InChI=1S/C14H9F3N2OS/c1-20-13-6-12-10(5-9(13)17)18-14(21)19(12)11-3-2-7(15)4-8(11)16/h2-6H,1H3,(H,18,21). The van der Waals surface area contributed by atoms with Gasteiger partial charge in [-0.2, -0.15) is 0 Å². The topological polar surface area (TPSA) is 29.9 Å². The molecule has 0 saturated carbocycles. The Kier molecular flexibility index (Phi) is 3.21. The van der Waals surface area contributed by atoms with Crippen molar-refractivity contribution in [1.82, 2.24) is 9.55 Å². The van der Waals surface area contributed by atoms with Gasteiger partial charge in [0.1, 0.15) is 11.6 Å². The van der Waals surface area contributed by atoms with E-state index in [1.54, 1.807) is 0 Å². The maximum atomic E-state index is 14.0. The SMILES string of the molecule is COc1cc2c(cc1F)[nH]c(=S)n2-c1ccc(F)cc1F. The van der Waals surface area contributed by atoms with Crippen molar-refractivity contribution in [2.75, 3.05) is 7.11 Å². The molecule has 0 aliphatic rings. The molecule has 0 spiro atoms. The number of fused-ring (bicyclic) bond motifs is 1. The average Bonchev–Trinajstić information content (AvgIpc) is 2.73. The first-order valence-electron chi connectivity index (χ1n) is 5.95. The molecule has 1 N–H and O–H groups in total. The van der Waals surface area contributed by atoms with E-state index in [0.29, 0.717) is 11.0 Å². The van der Waals surface area contributed by atoms with Gasteiger partial charge in [0.05, 0.1) is 23.8 Å². The fraction of sp³-hybridized carbons (Fsp3) is 0.0714. The molecule has 0 saturated heterocycles. The molecule has 0 radical (unpaired) electrons. The lowest BCUT2D eigenvalue weighted by atomic mass is 10.2. The van der Waals surface area contributed by atoms with Crippen LogP contribution in [0.4, 0.5) is 13.2 Å². The number of hydrogen-bond acceptors (Lipinski definition) is 2. The van der Waals surface area contributed by atoms with Crippen molar-refractivity contribution in [3.05, 3.63) is 52.6 Å². The Hall–Kier alpha value is -2.28. The molecule has 0 aliphatic carbocycles. The molecule has 2 aromatic carbocycles. The number of ether oxygens (including phenoxy) is 1. The number of methoxy groups -OCH3 is 1. The molecular formula is C14H9F3N2OS. The lowest BCUT2D eigenvalue weighted by molar-refractivity contribution is 0.387. The van der Waals surface area contributed by atoms with Gasteiger partial charge in [-0.25, -0.2) is 13.2 Å². The second kappa shape index (κ2) is 4.92. The molecular weight excluding hydrogens is 301 g/mol. The van der Waals surface area contributed by atoms with Crippen LogP contribution in [0.2, 0.25) is 0 Å². The van der Waals surface area contributed by atoms with Crippen LogP contribution in [0.1, 0.15) is 0 Å². The summed E-state index contributed by atoms with van der Waals surface area (Å²) in [5.74, 6) is -2.01. The van der Waals surface area contributed by atoms with Gasteiger partial charge in [-0.3, -0.25) is 4.57 Å². The first-order chi connectivity index (χ1) is 10.0. The van der Waals surface area contributed by atoms with Crippen molar-refractivity contribution in [3.8, 4) is 11.4 Å². The lowest BCUT2D eigenvalue weighted by Gasteiger charge is -2.07. The highest BCUT2D eigenvalue weighted by Crippen LogP contribution is 2.27. The van der Waals surface area contributed by atoms with Gasteiger partial charge in [-0.05, 0) is 24.4 Å². The molecule has 108 valence electrons.